The molecule has 3 rings (SSSR count). The van der Waals surface area contributed by atoms with Gasteiger partial charge in [-0.1, -0.05) is 113 Å². The highest BCUT2D eigenvalue weighted by Gasteiger charge is 2.17. The van der Waals surface area contributed by atoms with Gasteiger partial charge in [-0.05, 0) is 38.5 Å². The number of aryl methyl sites for hydroxylation is 1. The Labute approximate surface area is 250 Å². The predicted octanol–water partition coefficient (Wildman–Crippen LogP) is 9.32. The van der Waals surface area contributed by atoms with Gasteiger partial charge in [0.25, 0.3) is 0 Å². The molecule has 0 spiro atoms. The van der Waals surface area contributed by atoms with Gasteiger partial charge in [0.1, 0.15) is 0 Å². The first-order valence-electron chi connectivity index (χ1n) is 15.3. The maximum Gasteiger partial charge on any atom is 0.323 e. The fraction of sp³-hybridized carbons (Fsp3) is 0.500. The fourth-order valence-corrected chi connectivity index (χ4v) is 5.60. The summed E-state index contributed by atoms with van der Waals surface area (Å²) in [4.78, 5) is 26.6. The molecule has 3 aromatic rings. The average molecular weight is 579 g/mol. The molecule has 1 aromatic heterocycles. The van der Waals surface area contributed by atoms with Gasteiger partial charge in [-0.2, -0.15) is 4.57 Å². The quantitative estimate of drug-likeness (QED) is 0.0846. The number of hydrogen-bond acceptors (Lipinski definition) is 4. The van der Waals surface area contributed by atoms with Gasteiger partial charge in [0, 0.05) is 5.56 Å². The Morgan fingerprint density at radius 3 is 2.05 bits per heavy atom. The van der Waals surface area contributed by atoms with Crippen molar-refractivity contribution in [2.24, 2.45) is 0 Å². The number of Topliss-reactive ketones (excluding diaryl/α,β-unsaturated/α-hetero) is 1. The highest BCUT2D eigenvalue weighted by molar-refractivity contribution is 7.09. The molecule has 1 heterocycles. The van der Waals surface area contributed by atoms with E-state index in [1.807, 2.05) is 24.3 Å². The maximum absolute atomic E-state index is 13.0. The van der Waals surface area contributed by atoms with Crippen LogP contribution in [-0.2, 0) is 6.54 Å². The first-order chi connectivity index (χ1) is 20.0. The van der Waals surface area contributed by atoms with Crippen molar-refractivity contribution in [3.8, 4) is 5.75 Å². The smallest absolute Gasteiger partial charge is 0.323 e. The summed E-state index contributed by atoms with van der Waals surface area (Å²) in [5.41, 5.74) is 4.79. The number of para-hydroxylation sites is 2. The molecule has 6 nitrogen and oxygen atoms in total. The lowest BCUT2D eigenvalue weighted by Gasteiger charge is -2.16. The number of urea groups is 1. The van der Waals surface area contributed by atoms with Crippen molar-refractivity contribution in [3.63, 3.8) is 0 Å². The van der Waals surface area contributed by atoms with Crippen molar-refractivity contribution >= 4 is 34.5 Å². The lowest BCUT2D eigenvalue weighted by molar-refractivity contribution is -0.683. The minimum Gasteiger partial charge on any atom is -0.491 e. The summed E-state index contributed by atoms with van der Waals surface area (Å²) in [6, 6.07) is 12.7. The van der Waals surface area contributed by atoms with E-state index in [4.69, 9.17) is 4.74 Å². The zero-order valence-electron chi connectivity index (χ0n) is 25.2. The Balaban J connectivity index is 1.48. The number of carbonyl (C=O) groups excluding carboxylic acids is 2. The number of hydrogen-bond donors (Lipinski definition) is 2. The lowest BCUT2D eigenvalue weighted by atomic mass is 10.1. The monoisotopic (exact) mass is 578 g/mol. The van der Waals surface area contributed by atoms with E-state index >= 15 is 0 Å². The standard InChI is InChI=1S/C34H47N3O3S/c1-4-5-6-7-8-9-10-11-12-13-14-17-23-40-33-30(28(3)38)20-18-22-32(33)36-34(39)35-31-21-16-15-19-29(31)25-37-24-27(2)41-26-37/h15-16,18-22,24,26H,4-14,17,23,25H2,1-3H3,(H-,35,36,39)/p+1. The molecule has 0 unspecified atom stereocenters. The molecule has 0 aliphatic rings. The van der Waals surface area contributed by atoms with Crippen molar-refractivity contribution < 1.29 is 18.9 Å². The van der Waals surface area contributed by atoms with E-state index in [9.17, 15) is 9.59 Å². The minimum absolute atomic E-state index is 0.0906. The van der Waals surface area contributed by atoms with Crippen LogP contribution >= 0.6 is 11.3 Å². The van der Waals surface area contributed by atoms with E-state index < -0.39 is 0 Å². The molecule has 7 heteroatoms. The molecule has 2 N–H and O–H groups in total. The van der Waals surface area contributed by atoms with Crippen LogP contribution in [0.15, 0.2) is 54.2 Å². The number of benzene rings is 2. The molecule has 0 saturated carbocycles. The molecular weight excluding hydrogens is 530 g/mol. The number of ketones is 1. The molecule has 0 fully saturated rings. The molecule has 2 amide bonds. The van der Waals surface area contributed by atoms with E-state index in [0.717, 1.165) is 24.1 Å². The summed E-state index contributed by atoms with van der Waals surface area (Å²) in [6.07, 6.45) is 17.4. The largest absolute Gasteiger partial charge is 0.491 e. The van der Waals surface area contributed by atoms with Gasteiger partial charge < -0.3 is 15.4 Å². The van der Waals surface area contributed by atoms with Gasteiger partial charge in [-0.15, -0.1) is 0 Å². The molecule has 0 radical (unpaired) electrons. The number of rotatable bonds is 19. The molecule has 222 valence electrons. The van der Waals surface area contributed by atoms with Gasteiger partial charge in [0.2, 0.25) is 5.51 Å². The zero-order valence-corrected chi connectivity index (χ0v) is 26.0. The lowest BCUT2D eigenvalue weighted by Crippen LogP contribution is -2.31. The number of anilines is 2. The molecule has 0 aliphatic carbocycles. The van der Waals surface area contributed by atoms with Crippen LogP contribution in [0.3, 0.4) is 0 Å². The first-order valence-corrected chi connectivity index (χ1v) is 16.2. The Morgan fingerprint density at radius 1 is 0.805 bits per heavy atom. The second-order valence-corrected chi connectivity index (χ2v) is 11.9. The summed E-state index contributed by atoms with van der Waals surface area (Å²) in [6.45, 7) is 7.03. The van der Waals surface area contributed by atoms with Crippen LogP contribution in [-0.4, -0.2) is 18.4 Å². The topological polar surface area (TPSA) is 71.3 Å². The number of nitrogens with zero attached hydrogens (tertiary/aromatic N) is 1. The number of amides is 2. The Morgan fingerprint density at radius 2 is 1.41 bits per heavy atom. The fourth-order valence-electron chi connectivity index (χ4n) is 4.97. The molecule has 0 bridgehead atoms. The van der Waals surface area contributed by atoms with Crippen molar-refractivity contribution in [2.75, 3.05) is 17.2 Å². The third kappa shape index (κ3) is 11.7. The van der Waals surface area contributed by atoms with E-state index in [-0.39, 0.29) is 11.8 Å². The summed E-state index contributed by atoms with van der Waals surface area (Å²) in [7, 11) is 0. The SMILES string of the molecule is CCCCCCCCCCCCCCOc1c(NC(=O)Nc2ccccc2C[n+]2csc(C)c2)cccc1C(C)=O. The third-order valence-corrected chi connectivity index (χ3v) is 8.08. The number of thiazole rings is 1. The van der Waals surface area contributed by atoms with Crippen molar-refractivity contribution in [2.45, 2.75) is 104 Å². The van der Waals surface area contributed by atoms with E-state index in [1.165, 1.54) is 76.0 Å². The van der Waals surface area contributed by atoms with Gasteiger partial charge in [-0.3, -0.25) is 4.79 Å². The second-order valence-electron chi connectivity index (χ2n) is 10.8. The van der Waals surface area contributed by atoms with E-state index in [2.05, 4.69) is 40.8 Å². The number of unbranched alkanes of at least 4 members (excludes halogenated alkanes) is 11. The number of aromatic nitrogens is 1. The van der Waals surface area contributed by atoms with Crippen molar-refractivity contribution in [1.29, 1.82) is 0 Å². The summed E-state index contributed by atoms with van der Waals surface area (Å²) >= 11 is 1.69. The number of ether oxygens (including phenoxy) is 1. The minimum atomic E-state index is -0.375. The summed E-state index contributed by atoms with van der Waals surface area (Å²) in [5, 5.41) is 5.89. The first kappa shape index (κ1) is 32.3. The maximum atomic E-state index is 13.0. The normalized spacial score (nSPS) is 10.9. The van der Waals surface area contributed by atoms with Gasteiger partial charge in [0.15, 0.2) is 24.3 Å². The predicted molar refractivity (Wildman–Crippen MR) is 170 cm³/mol. The zero-order chi connectivity index (χ0) is 29.3. The molecule has 41 heavy (non-hydrogen) atoms. The van der Waals surface area contributed by atoms with Crippen LogP contribution < -0.4 is 19.9 Å². The third-order valence-electron chi connectivity index (χ3n) is 7.23. The van der Waals surface area contributed by atoms with Crippen LogP contribution in [0.4, 0.5) is 16.2 Å². The molecular formula is C34H48N3O3S+. The van der Waals surface area contributed by atoms with Gasteiger partial charge >= 0.3 is 6.03 Å². The Hall–Kier alpha value is -3.19. The molecule has 0 atom stereocenters. The summed E-state index contributed by atoms with van der Waals surface area (Å²) in [5.74, 6) is 0.350. The molecule has 0 aliphatic heterocycles. The van der Waals surface area contributed by atoms with Gasteiger partial charge in [-0.25, -0.2) is 4.79 Å². The number of carbonyl (C=O) groups is 2. The second kappa shape index (κ2) is 18.3. The van der Waals surface area contributed by atoms with Crippen LogP contribution in [0, 0.1) is 6.92 Å². The Kier molecular flexibility index (Phi) is 14.4. The van der Waals surface area contributed by atoms with Gasteiger partial charge in [0.05, 0.1) is 28.4 Å². The number of nitrogens with one attached hydrogen (secondary N) is 2. The summed E-state index contributed by atoms with van der Waals surface area (Å²) < 4.78 is 8.22. The Bertz CT molecular complexity index is 1220. The van der Waals surface area contributed by atoms with Crippen molar-refractivity contribution in [1.82, 2.24) is 0 Å². The van der Waals surface area contributed by atoms with E-state index in [0.29, 0.717) is 30.2 Å². The van der Waals surface area contributed by atoms with E-state index in [1.54, 1.807) is 29.5 Å². The average Bonchev–Trinajstić information content (AvgIpc) is 3.37. The highest BCUT2D eigenvalue weighted by Crippen LogP contribution is 2.30. The van der Waals surface area contributed by atoms with Crippen LogP contribution in [0.1, 0.15) is 112 Å². The van der Waals surface area contributed by atoms with Crippen LogP contribution in [0.25, 0.3) is 0 Å². The highest BCUT2D eigenvalue weighted by atomic mass is 32.1. The van der Waals surface area contributed by atoms with Crippen LogP contribution in [0.2, 0.25) is 0 Å². The molecule has 2 aromatic carbocycles. The molecule has 0 saturated heterocycles. The van der Waals surface area contributed by atoms with Crippen molar-refractivity contribution in [3.05, 3.63) is 70.2 Å². The van der Waals surface area contributed by atoms with Crippen LogP contribution in [0.5, 0.6) is 5.75 Å².